The molecule has 0 fully saturated rings. The van der Waals surface area contributed by atoms with Crippen molar-refractivity contribution in [3.63, 3.8) is 0 Å². The van der Waals surface area contributed by atoms with Crippen LogP contribution in [-0.2, 0) is 9.53 Å². The van der Waals surface area contributed by atoms with E-state index in [2.05, 4.69) is 16.0 Å². The summed E-state index contributed by atoms with van der Waals surface area (Å²) in [5.74, 6) is -1.87. The van der Waals surface area contributed by atoms with Gasteiger partial charge in [0.2, 0.25) is 0 Å². The van der Waals surface area contributed by atoms with Gasteiger partial charge in [-0.25, -0.2) is 9.59 Å². The number of hydrogen-bond acceptors (Lipinski definition) is 7. The molecule has 0 bridgehead atoms. The van der Waals surface area contributed by atoms with Crippen molar-refractivity contribution in [2.24, 2.45) is 0 Å². The predicted octanol–water partition coefficient (Wildman–Crippen LogP) is 3.49. The van der Waals surface area contributed by atoms with Crippen LogP contribution in [0.2, 0.25) is 0 Å². The smallest absolute Gasteiger partial charge is 0.349 e. The zero-order valence-corrected chi connectivity index (χ0v) is 16.5. The highest BCUT2D eigenvalue weighted by molar-refractivity contribution is 7.18. The molecule has 0 saturated carbocycles. The Kier molecular flexibility index (Phi) is 6.60. The van der Waals surface area contributed by atoms with Gasteiger partial charge in [-0.1, -0.05) is 18.2 Å². The second-order valence-electron chi connectivity index (χ2n) is 5.95. The molecule has 3 aromatic rings. The Bertz CT molecular complexity index is 1050. The number of benzene rings is 1. The molecule has 30 heavy (non-hydrogen) atoms. The molecule has 2 heterocycles. The quantitative estimate of drug-likeness (QED) is 0.517. The van der Waals surface area contributed by atoms with Crippen LogP contribution in [-0.4, -0.2) is 29.9 Å². The maximum Gasteiger partial charge on any atom is 0.349 e. The molecule has 9 nitrogen and oxygen atoms in total. The van der Waals surface area contributed by atoms with Crippen molar-refractivity contribution in [3.05, 3.63) is 71.5 Å². The molecule has 1 aromatic carbocycles. The highest BCUT2D eigenvalue weighted by Crippen LogP contribution is 2.23. The lowest BCUT2D eigenvalue weighted by atomic mass is 10.3. The SMILES string of the molecule is CC(OC(=O)c1ccc(NC(=O)c2ccco2)s1)C(=O)NC(=O)Nc1ccccc1. The summed E-state index contributed by atoms with van der Waals surface area (Å²) < 4.78 is 10.1. The molecular weight excluding hydrogens is 410 g/mol. The monoisotopic (exact) mass is 427 g/mol. The van der Waals surface area contributed by atoms with Crippen LogP contribution in [0, 0.1) is 0 Å². The minimum Gasteiger partial charge on any atom is -0.459 e. The van der Waals surface area contributed by atoms with Crippen molar-refractivity contribution in [2.75, 3.05) is 10.6 Å². The first-order valence-corrected chi connectivity index (χ1v) is 9.56. The Balaban J connectivity index is 1.50. The van der Waals surface area contributed by atoms with Crippen LogP contribution in [0.15, 0.2) is 65.3 Å². The maximum atomic E-state index is 12.2. The number of furan rings is 1. The number of esters is 1. The van der Waals surface area contributed by atoms with Crippen molar-refractivity contribution in [1.29, 1.82) is 0 Å². The summed E-state index contributed by atoms with van der Waals surface area (Å²) in [5, 5.41) is 7.59. The van der Waals surface area contributed by atoms with Crippen molar-refractivity contribution in [2.45, 2.75) is 13.0 Å². The fourth-order valence-electron chi connectivity index (χ4n) is 2.27. The fourth-order valence-corrected chi connectivity index (χ4v) is 3.05. The zero-order chi connectivity index (χ0) is 21.5. The molecular formula is C20H17N3O6S. The number of para-hydroxylation sites is 1. The topological polar surface area (TPSA) is 127 Å². The number of carbonyl (C=O) groups is 4. The number of anilines is 2. The molecule has 0 aliphatic rings. The molecule has 4 amide bonds. The van der Waals surface area contributed by atoms with E-state index < -0.39 is 29.9 Å². The van der Waals surface area contributed by atoms with Crippen LogP contribution < -0.4 is 16.0 Å². The largest absolute Gasteiger partial charge is 0.459 e. The number of imide groups is 1. The van der Waals surface area contributed by atoms with Gasteiger partial charge < -0.3 is 19.8 Å². The van der Waals surface area contributed by atoms with Gasteiger partial charge in [-0.15, -0.1) is 11.3 Å². The summed E-state index contributed by atoms with van der Waals surface area (Å²) in [5.41, 5.74) is 0.509. The summed E-state index contributed by atoms with van der Waals surface area (Å²) in [6, 6.07) is 13.9. The van der Waals surface area contributed by atoms with Gasteiger partial charge in [0, 0.05) is 5.69 Å². The van der Waals surface area contributed by atoms with Gasteiger partial charge in [0.25, 0.3) is 11.8 Å². The van der Waals surface area contributed by atoms with E-state index in [0.717, 1.165) is 11.3 Å². The summed E-state index contributed by atoms with van der Waals surface area (Å²) >= 11 is 0.977. The van der Waals surface area contributed by atoms with E-state index in [4.69, 9.17) is 9.15 Å². The molecule has 0 saturated heterocycles. The average molecular weight is 427 g/mol. The number of amides is 4. The molecule has 0 spiro atoms. The van der Waals surface area contributed by atoms with Gasteiger partial charge in [-0.2, -0.15) is 0 Å². The van der Waals surface area contributed by atoms with Gasteiger partial charge >= 0.3 is 12.0 Å². The predicted molar refractivity (Wildman–Crippen MR) is 109 cm³/mol. The summed E-state index contributed by atoms with van der Waals surface area (Å²) in [4.78, 5) is 48.3. The van der Waals surface area contributed by atoms with Crippen LogP contribution in [0.4, 0.5) is 15.5 Å². The van der Waals surface area contributed by atoms with Crippen LogP contribution in [0.3, 0.4) is 0 Å². The Morgan fingerprint density at radius 2 is 1.73 bits per heavy atom. The van der Waals surface area contributed by atoms with Crippen molar-refractivity contribution in [3.8, 4) is 0 Å². The molecule has 1 atom stereocenters. The molecule has 10 heteroatoms. The van der Waals surface area contributed by atoms with Crippen LogP contribution in [0.5, 0.6) is 0 Å². The first-order valence-electron chi connectivity index (χ1n) is 8.75. The standard InChI is InChI=1S/C20H17N3O6S/c1-12(17(24)23-20(27)21-13-6-3-2-4-7-13)29-19(26)15-9-10-16(30-15)22-18(25)14-8-5-11-28-14/h2-12H,1H3,(H,22,25)(H2,21,23,24,27). The van der Waals surface area contributed by atoms with Crippen molar-refractivity contribution in [1.82, 2.24) is 5.32 Å². The molecule has 3 rings (SSSR count). The third-order valence-electron chi connectivity index (χ3n) is 3.71. The second-order valence-corrected chi connectivity index (χ2v) is 7.04. The molecule has 0 aliphatic heterocycles. The molecule has 0 aliphatic carbocycles. The van der Waals surface area contributed by atoms with E-state index in [-0.39, 0.29) is 10.6 Å². The van der Waals surface area contributed by atoms with Gasteiger partial charge in [0.15, 0.2) is 11.9 Å². The van der Waals surface area contributed by atoms with E-state index in [9.17, 15) is 19.2 Å². The third-order valence-corrected chi connectivity index (χ3v) is 4.69. The fraction of sp³-hybridized carbons (Fsp3) is 0.100. The minimum absolute atomic E-state index is 0.131. The lowest BCUT2D eigenvalue weighted by Crippen LogP contribution is -2.41. The number of ether oxygens (including phenoxy) is 1. The van der Waals surface area contributed by atoms with Crippen molar-refractivity contribution >= 4 is 45.8 Å². The minimum atomic E-state index is -1.21. The van der Waals surface area contributed by atoms with Crippen LogP contribution in [0.25, 0.3) is 0 Å². The number of nitrogens with one attached hydrogen (secondary N) is 3. The Labute approximate surface area is 175 Å². The van der Waals surface area contributed by atoms with E-state index in [1.54, 1.807) is 36.4 Å². The van der Waals surface area contributed by atoms with Gasteiger partial charge in [-0.05, 0) is 43.3 Å². The van der Waals surface area contributed by atoms with E-state index in [0.29, 0.717) is 10.7 Å². The van der Waals surface area contributed by atoms with Crippen molar-refractivity contribution < 1.29 is 28.3 Å². The highest BCUT2D eigenvalue weighted by atomic mass is 32.1. The highest BCUT2D eigenvalue weighted by Gasteiger charge is 2.22. The second kappa shape index (κ2) is 9.52. The lowest BCUT2D eigenvalue weighted by Gasteiger charge is -2.12. The third kappa shape index (κ3) is 5.55. The molecule has 154 valence electrons. The molecule has 1 unspecified atom stereocenters. The van der Waals surface area contributed by atoms with Gasteiger partial charge in [0.1, 0.15) is 4.88 Å². The van der Waals surface area contributed by atoms with Crippen LogP contribution in [0.1, 0.15) is 27.2 Å². The first-order chi connectivity index (χ1) is 14.4. The molecule has 0 radical (unpaired) electrons. The number of thiophene rings is 1. The number of urea groups is 1. The number of carbonyl (C=O) groups excluding carboxylic acids is 4. The van der Waals surface area contributed by atoms with E-state index in [1.807, 2.05) is 0 Å². The normalized spacial score (nSPS) is 11.2. The average Bonchev–Trinajstić information content (AvgIpc) is 3.40. The zero-order valence-electron chi connectivity index (χ0n) is 15.7. The Morgan fingerprint density at radius 1 is 0.967 bits per heavy atom. The van der Waals surface area contributed by atoms with Crippen LogP contribution >= 0.6 is 11.3 Å². The Hall–Kier alpha value is -3.92. The summed E-state index contributed by atoms with van der Waals surface area (Å²) in [6.07, 6.45) is 0.167. The summed E-state index contributed by atoms with van der Waals surface area (Å²) in [6.45, 7) is 1.34. The number of hydrogen-bond donors (Lipinski definition) is 3. The van der Waals surface area contributed by atoms with Gasteiger partial charge in [-0.3, -0.25) is 14.9 Å². The Morgan fingerprint density at radius 3 is 2.43 bits per heavy atom. The molecule has 3 N–H and O–H groups in total. The van der Waals surface area contributed by atoms with E-state index >= 15 is 0 Å². The summed E-state index contributed by atoms with van der Waals surface area (Å²) in [7, 11) is 0. The molecule has 2 aromatic heterocycles. The van der Waals surface area contributed by atoms with E-state index in [1.165, 1.54) is 31.4 Å². The first kappa shape index (κ1) is 20.8. The number of rotatable bonds is 6. The lowest BCUT2D eigenvalue weighted by molar-refractivity contribution is -0.127. The van der Waals surface area contributed by atoms with Gasteiger partial charge in [0.05, 0.1) is 11.3 Å². The maximum absolute atomic E-state index is 12.2.